The van der Waals surface area contributed by atoms with Crippen LogP contribution in [0.25, 0.3) is 10.1 Å². The van der Waals surface area contributed by atoms with Crippen LogP contribution in [0.15, 0.2) is 53.9 Å². The van der Waals surface area contributed by atoms with Gasteiger partial charge in [-0.3, -0.25) is 4.90 Å². The minimum absolute atomic E-state index is 0.523. The van der Waals surface area contributed by atoms with Crippen LogP contribution in [0.5, 0.6) is 0 Å². The number of thiophene rings is 1. The van der Waals surface area contributed by atoms with Crippen molar-refractivity contribution >= 4 is 21.4 Å². The van der Waals surface area contributed by atoms with E-state index in [9.17, 15) is 0 Å². The number of fused-ring (bicyclic) bond motifs is 2. The first-order chi connectivity index (χ1) is 10.9. The molecule has 5 rings (SSSR count). The van der Waals surface area contributed by atoms with Gasteiger partial charge in [-0.05, 0) is 58.5 Å². The average Bonchev–Trinajstić information content (AvgIpc) is 3.31. The Morgan fingerprint density at radius 1 is 1.00 bits per heavy atom. The minimum Gasteiger partial charge on any atom is -0.295 e. The standard InChI is InChI=1S/C20H19NS/c1-2-4-18-16(3-1)12-21(17-6-7-17)13-19(18)14-5-8-20-15(11-14)9-10-22-20/h1-5,8-11,17,19H,6-7,12-13H2. The SMILES string of the molecule is c1ccc2c(c1)CN(C1CC1)CC2c1ccc2sccc2c1. The largest absolute Gasteiger partial charge is 0.295 e. The molecule has 1 fully saturated rings. The van der Waals surface area contributed by atoms with Gasteiger partial charge in [0, 0.05) is 29.7 Å². The van der Waals surface area contributed by atoms with Crippen LogP contribution in [0.1, 0.15) is 35.4 Å². The highest BCUT2D eigenvalue weighted by Crippen LogP contribution is 2.39. The van der Waals surface area contributed by atoms with E-state index in [0.29, 0.717) is 5.92 Å². The van der Waals surface area contributed by atoms with Crippen LogP contribution >= 0.6 is 11.3 Å². The molecule has 22 heavy (non-hydrogen) atoms. The maximum Gasteiger partial charge on any atom is 0.0342 e. The van der Waals surface area contributed by atoms with E-state index in [0.717, 1.165) is 12.6 Å². The van der Waals surface area contributed by atoms with E-state index in [2.05, 4.69) is 58.8 Å². The molecule has 1 aromatic heterocycles. The Labute approximate surface area is 135 Å². The van der Waals surface area contributed by atoms with Crippen molar-refractivity contribution in [1.82, 2.24) is 4.90 Å². The lowest BCUT2D eigenvalue weighted by Crippen LogP contribution is -2.35. The Kier molecular flexibility index (Phi) is 2.89. The maximum absolute atomic E-state index is 2.70. The van der Waals surface area contributed by atoms with Gasteiger partial charge in [-0.2, -0.15) is 0 Å². The van der Waals surface area contributed by atoms with Crippen LogP contribution in [-0.2, 0) is 6.54 Å². The number of nitrogens with zero attached hydrogens (tertiary/aromatic N) is 1. The molecule has 0 bridgehead atoms. The summed E-state index contributed by atoms with van der Waals surface area (Å²) < 4.78 is 1.40. The summed E-state index contributed by atoms with van der Waals surface area (Å²) in [5, 5.41) is 3.59. The first-order valence-electron chi connectivity index (χ1n) is 8.17. The summed E-state index contributed by atoms with van der Waals surface area (Å²) >= 11 is 1.83. The zero-order valence-electron chi connectivity index (χ0n) is 12.5. The molecule has 1 nitrogen and oxygen atoms in total. The van der Waals surface area contributed by atoms with Crippen LogP contribution in [0.2, 0.25) is 0 Å². The van der Waals surface area contributed by atoms with Crippen LogP contribution in [0, 0.1) is 0 Å². The Bertz CT molecular complexity index is 830. The minimum atomic E-state index is 0.523. The molecule has 1 aliphatic carbocycles. The Morgan fingerprint density at radius 2 is 1.91 bits per heavy atom. The first kappa shape index (κ1) is 12.9. The van der Waals surface area contributed by atoms with Gasteiger partial charge in [-0.25, -0.2) is 0 Å². The van der Waals surface area contributed by atoms with Gasteiger partial charge in [0.2, 0.25) is 0 Å². The number of rotatable bonds is 2. The Morgan fingerprint density at radius 3 is 2.82 bits per heavy atom. The van der Waals surface area contributed by atoms with Gasteiger partial charge in [0.25, 0.3) is 0 Å². The summed E-state index contributed by atoms with van der Waals surface area (Å²) in [4.78, 5) is 2.70. The second kappa shape index (κ2) is 4.94. The summed E-state index contributed by atoms with van der Waals surface area (Å²) in [5.74, 6) is 0.523. The van der Waals surface area contributed by atoms with Crippen molar-refractivity contribution in [3.8, 4) is 0 Å². The summed E-state index contributed by atoms with van der Waals surface area (Å²) in [6.45, 7) is 2.31. The first-order valence-corrected chi connectivity index (χ1v) is 9.05. The maximum atomic E-state index is 2.70. The van der Waals surface area contributed by atoms with Crippen molar-refractivity contribution in [2.45, 2.75) is 31.3 Å². The lowest BCUT2D eigenvalue weighted by Gasteiger charge is -2.35. The molecule has 110 valence electrons. The molecular weight excluding hydrogens is 286 g/mol. The Balaban J connectivity index is 1.61. The molecule has 1 aliphatic heterocycles. The summed E-state index contributed by atoms with van der Waals surface area (Å²) in [6, 6.07) is 19.2. The lowest BCUT2D eigenvalue weighted by atomic mass is 9.84. The molecular formula is C20H19NS. The van der Waals surface area contributed by atoms with E-state index in [1.807, 2.05) is 11.3 Å². The van der Waals surface area contributed by atoms with Crippen molar-refractivity contribution in [3.05, 3.63) is 70.6 Å². The van der Waals surface area contributed by atoms with Gasteiger partial charge in [0.1, 0.15) is 0 Å². The molecule has 0 radical (unpaired) electrons. The molecule has 2 aromatic carbocycles. The van der Waals surface area contributed by atoms with Crippen molar-refractivity contribution in [1.29, 1.82) is 0 Å². The fourth-order valence-electron chi connectivity index (χ4n) is 3.84. The third kappa shape index (κ3) is 2.10. The van der Waals surface area contributed by atoms with Crippen LogP contribution in [-0.4, -0.2) is 17.5 Å². The van der Waals surface area contributed by atoms with Crippen molar-refractivity contribution < 1.29 is 0 Å². The third-order valence-electron chi connectivity index (χ3n) is 5.16. The summed E-state index contributed by atoms with van der Waals surface area (Å²) in [6.07, 6.45) is 2.77. The number of hydrogen-bond acceptors (Lipinski definition) is 2. The molecule has 0 amide bonds. The van der Waals surface area contributed by atoms with Gasteiger partial charge in [0.15, 0.2) is 0 Å². The monoisotopic (exact) mass is 305 g/mol. The van der Waals surface area contributed by atoms with E-state index in [1.165, 1.54) is 46.2 Å². The van der Waals surface area contributed by atoms with Crippen molar-refractivity contribution in [3.63, 3.8) is 0 Å². The van der Waals surface area contributed by atoms with E-state index >= 15 is 0 Å². The van der Waals surface area contributed by atoms with Crippen LogP contribution < -0.4 is 0 Å². The normalized spacial score (nSPS) is 21.9. The van der Waals surface area contributed by atoms with Gasteiger partial charge in [-0.1, -0.05) is 30.3 Å². The second-order valence-corrected chi connectivity index (χ2v) is 7.58. The molecule has 0 saturated heterocycles. The molecule has 0 spiro atoms. The fourth-order valence-corrected chi connectivity index (χ4v) is 4.61. The average molecular weight is 305 g/mol. The van der Waals surface area contributed by atoms with Crippen LogP contribution in [0.3, 0.4) is 0 Å². The highest BCUT2D eigenvalue weighted by molar-refractivity contribution is 7.17. The zero-order valence-corrected chi connectivity index (χ0v) is 13.4. The van der Waals surface area contributed by atoms with E-state index < -0.39 is 0 Å². The van der Waals surface area contributed by atoms with Gasteiger partial charge < -0.3 is 0 Å². The second-order valence-electron chi connectivity index (χ2n) is 6.63. The molecule has 3 aromatic rings. The number of hydrogen-bond donors (Lipinski definition) is 0. The lowest BCUT2D eigenvalue weighted by molar-refractivity contribution is 0.230. The van der Waals surface area contributed by atoms with Crippen molar-refractivity contribution in [2.24, 2.45) is 0 Å². The molecule has 1 unspecified atom stereocenters. The quantitative estimate of drug-likeness (QED) is 0.643. The molecule has 0 N–H and O–H groups in total. The zero-order chi connectivity index (χ0) is 14.5. The van der Waals surface area contributed by atoms with E-state index in [1.54, 1.807) is 0 Å². The topological polar surface area (TPSA) is 3.24 Å². The Hall–Kier alpha value is -1.64. The highest BCUT2D eigenvalue weighted by atomic mass is 32.1. The van der Waals surface area contributed by atoms with Gasteiger partial charge in [0.05, 0.1) is 0 Å². The summed E-state index contributed by atoms with van der Waals surface area (Å²) in [7, 11) is 0. The number of benzene rings is 2. The predicted molar refractivity (Wildman–Crippen MR) is 93.5 cm³/mol. The smallest absolute Gasteiger partial charge is 0.0342 e. The molecule has 2 aliphatic rings. The molecule has 2 heteroatoms. The molecule has 1 atom stereocenters. The van der Waals surface area contributed by atoms with E-state index in [4.69, 9.17) is 0 Å². The molecule has 2 heterocycles. The third-order valence-corrected chi connectivity index (χ3v) is 6.06. The van der Waals surface area contributed by atoms with Crippen LogP contribution in [0.4, 0.5) is 0 Å². The highest BCUT2D eigenvalue weighted by Gasteiger charge is 2.35. The fraction of sp³-hybridized carbons (Fsp3) is 0.300. The van der Waals surface area contributed by atoms with E-state index in [-0.39, 0.29) is 0 Å². The summed E-state index contributed by atoms with van der Waals surface area (Å²) in [5.41, 5.74) is 4.54. The van der Waals surface area contributed by atoms with Crippen molar-refractivity contribution in [2.75, 3.05) is 6.54 Å². The molecule has 1 saturated carbocycles. The van der Waals surface area contributed by atoms with Gasteiger partial charge >= 0.3 is 0 Å². The predicted octanol–water partition coefficient (Wildman–Crippen LogP) is 5.01. The van der Waals surface area contributed by atoms with Gasteiger partial charge in [-0.15, -0.1) is 11.3 Å².